The second kappa shape index (κ2) is 4.27. The van der Waals surface area contributed by atoms with Crippen LogP contribution in [0.3, 0.4) is 0 Å². The van der Waals surface area contributed by atoms with Crippen molar-refractivity contribution in [3.8, 4) is 0 Å². The average Bonchev–Trinajstić information content (AvgIpc) is 2.88. The molecule has 0 N–H and O–H groups in total. The molecule has 2 aliphatic heterocycles. The molecular weight excluding hydrogens is 307 g/mol. The Bertz CT molecular complexity index is 626. The molecule has 4 aliphatic carbocycles. The Morgan fingerprint density at radius 2 is 1.92 bits per heavy atom. The number of hydrogen-bond acceptors (Lipinski definition) is 3. The second-order valence-corrected chi connectivity index (χ2v) is 9.37. The Hall–Kier alpha value is -0.450. The van der Waals surface area contributed by atoms with Crippen molar-refractivity contribution < 1.29 is 18.6 Å². The Morgan fingerprint density at radius 1 is 1.08 bits per heavy atom. The van der Waals surface area contributed by atoms with E-state index in [0.717, 1.165) is 51.4 Å². The van der Waals surface area contributed by atoms with Crippen LogP contribution in [0.5, 0.6) is 0 Å². The zero-order chi connectivity index (χ0) is 16.2. The minimum Gasteiger partial charge on any atom is -0.358 e. The van der Waals surface area contributed by atoms with Gasteiger partial charge >= 0.3 is 0 Å². The van der Waals surface area contributed by atoms with Gasteiger partial charge in [0.2, 0.25) is 0 Å². The predicted molar refractivity (Wildman–Crippen MR) is 86.2 cm³/mol. The van der Waals surface area contributed by atoms with Gasteiger partial charge in [0.25, 0.3) is 0 Å². The van der Waals surface area contributed by atoms with Crippen molar-refractivity contribution in [1.29, 1.82) is 0 Å². The van der Waals surface area contributed by atoms with E-state index in [1.807, 2.05) is 0 Å². The predicted octanol–water partition coefficient (Wildman–Crippen LogP) is 3.92. The van der Waals surface area contributed by atoms with Crippen LogP contribution < -0.4 is 0 Å². The van der Waals surface area contributed by atoms with Gasteiger partial charge in [-0.2, -0.15) is 0 Å². The molecule has 5 fully saturated rings. The first-order chi connectivity index (χ1) is 11.5. The smallest absolute Gasteiger partial charge is 0.171 e. The first-order valence-electron chi connectivity index (χ1n) is 9.85. The van der Waals surface area contributed by atoms with Gasteiger partial charge in [0, 0.05) is 18.3 Å². The van der Waals surface area contributed by atoms with Gasteiger partial charge in [-0.05, 0) is 55.9 Å². The number of fused-ring (bicyclic) bond motifs is 3. The van der Waals surface area contributed by atoms with Gasteiger partial charge in [-0.1, -0.05) is 13.0 Å². The minimum absolute atomic E-state index is 0.0562. The summed E-state index contributed by atoms with van der Waals surface area (Å²) < 4.78 is 33.1. The number of ether oxygens (including phenoxy) is 3. The van der Waals surface area contributed by atoms with Crippen molar-refractivity contribution in [1.82, 2.24) is 0 Å². The summed E-state index contributed by atoms with van der Waals surface area (Å²) in [7, 11) is 0. The number of rotatable bonds is 0. The number of alkyl halides is 1. The molecule has 24 heavy (non-hydrogen) atoms. The van der Waals surface area contributed by atoms with Crippen LogP contribution >= 0.6 is 0 Å². The lowest BCUT2D eigenvalue weighted by Gasteiger charge is -2.49. The van der Waals surface area contributed by atoms with Crippen molar-refractivity contribution >= 4 is 0 Å². The standard InChI is InChI=1S/C20H27FO3/c1-17-6-5-15-13(14(17)2-3-16(17)21)4-7-18-12-19(22-10-11-23-19)8-9-20(15,18)24-18/h5,13-14,16H,2-4,6-12H2,1H3/t13-,14-,16+,17-,18?,20?/m0/s1. The van der Waals surface area contributed by atoms with E-state index in [1.165, 1.54) is 5.57 Å². The monoisotopic (exact) mass is 334 g/mol. The molecule has 0 radical (unpaired) electrons. The van der Waals surface area contributed by atoms with Gasteiger partial charge in [0.1, 0.15) is 17.4 Å². The largest absolute Gasteiger partial charge is 0.358 e. The Kier molecular flexibility index (Phi) is 2.61. The molecule has 132 valence electrons. The second-order valence-electron chi connectivity index (χ2n) is 9.37. The third-order valence-electron chi connectivity index (χ3n) is 8.56. The van der Waals surface area contributed by atoms with Crippen molar-refractivity contribution in [2.75, 3.05) is 13.2 Å². The van der Waals surface area contributed by atoms with Gasteiger partial charge < -0.3 is 14.2 Å². The molecule has 0 amide bonds. The summed E-state index contributed by atoms with van der Waals surface area (Å²) >= 11 is 0. The van der Waals surface area contributed by atoms with E-state index >= 15 is 0 Å². The van der Waals surface area contributed by atoms with E-state index in [1.54, 1.807) is 0 Å². The van der Waals surface area contributed by atoms with E-state index in [4.69, 9.17) is 14.2 Å². The van der Waals surface area contributed by atoms with E-state index in [0.29, 0.717) is 25.0 Å². The fourth-order valence-corrected chi connectivity index (χ4v) is 7.27. The molecule has 0 aromatic carbocycles. The van der Waals surface area contributed by atoms with Crippen molar-refractivity contribution in [2.24, 2.45) is 17.3 Å². The first kappa shape index (κ1) is 14.7. The van der Waals surface area contributed by atoms with Gasteiger partial charge in [-0.25, -0.2) is 4.39 Å². The molecule has 6 aliphatic rings. The van der Waals surface area contributed by atoms with Crippen LogP contribution in [0.15, 0.2) is 11.6 Å². The van der Waals surface area contributed by atoms with Crippen LogP contribution in [-0.2, 0) is 14.2 Å². The summed E-state index contributed by atoms with van der Waals surface area (Å²) in [5.41, 5.74) is 1.27. The fourth-order valence-electron chi connectivity index (χ4n) is 7.27. The lowest BCUT2D eigenvalue weighted by atomic mass is 9.54. The molecule has 2 saturated heterocycles. The molecule has 3 nitrogen and oxygen atoms in total. The van der Waals surface area contributed by atoms with Crippen molar-refractivity contribution in [2.45, 2.75) is 81.5 Å². The maximum Gasteiger partial charge on any atom is 0.171 e. The molecule has 1 spiro atoms. The molecule has 6 atom stereocenters. The number of epoxide rings is 1. The Morgan fingerprint density at radius 3 is 2.75 bits per heavy atom. The third-order valence-corrected chi connectivity index (χ3v) is 8.56. The summed E-state index contributed by atoms with van der Waals surface area (Å²) in [6.07, 6.45) is 9.53. The molecule has 3 saturated carbocycles. The molecule has 0 aromatic heterocycles. The van der Waals surface area contributed by atoms with Crippen LogP contribution in [-0.4, -0.2) is 36.4 Å². The highest BCUT2D eigenvalue weighted by molar-refractivity contribution is 5.43. The van der Waals surface area contributed by atoms with E-state index in [2.05, 4.69) is 13.0 Å². The first-order valence-corrected chi connectivity index (χ1v) is 9.85. The van der Waals surface area contributed by atoms with Gasteiger partial charge in [0.15, 0.2) is 5.79 Å². The van der Waals surface area contributed by atoms with Gasteiger partial charge in [-0.15, -0.1) is 0 Å². The lowest BCUT2D eigenvalue weighted by Crippen LogP contribution is -2.51. The quantitative estimate of drug-likeness (QED) is 0.497. The molecule has 2 unspecified atom stereocenters. The summed E-state index contributed by atoms with van der Waals surface area (Å²) in [5.74, 6) is 0.673. The van der Waals surface area contributed by atoms with Crippen LogP contribution in [0.4, 0.5) is 4.39 Å². The van der Waals surface area contributed by atoms with Crippen LogP contribution in [0.25, 0.3) is 0 Å². The van der Waals surface area contributed by atoms with Crippen LogP contribution in [0.2, 0.25) is 0 Å². The highest BCUT2D eigenvalue weighted by Crippen LogP contribution is 2.73. The van der Waals surface area contributed by atoms with Gasteiger partial charge in [0.05, 0.1) is 13.2 Å². The topological polar surface area (TPSA) is 31.0 Å². The highest BCUT2D eigenvalue weighted by atomic mass is 19.1. The minimum atomic E-state index is -0.625. The normalized spacial score (nSPS) is 56.9. The fraction of sp³-hybridized carbons (Fsp3) is 0.900. The average molecular weight is 334 g/mol. The zero-order valence-electron chi connectivity index (χ0n) is 14.5. The van der Waals surface area contributed by atoms with Crippen LogP contribution in [0, 0.1) is 17.3 Å². The molecule has 2 heterocycles. The Labute approximate surface area is 142 Å². The summed E-state index contributed by atoms with van der Waals surface area (Å²) in [6.45, 7) is 3.62. The molecule has 6 rings (SSSR count). The van der Waals surface area contributed by atoms with E-state index < -0.39 is 6.17 Å². The van der Waals surface area contributed by atoms with Crippen LogP contribution in [0.1, 0.15) is 58.3 Å². The highest BCUT2D eigenvalue weighted by Gasteiger charge is 2.79. The Balaban J connectivity index is 1.36. The lowest BCUT2D eigenvalue weighted by molar-refractivity contribution is -0.185. The number of halogens is 1. The summed E-state index contributed by atoms with van der Waals surface area (Å²) in [4.78, 5) is 0. The molecule has 4 heteroatoms. The SMILES string of the molecule is C[C@]12CC=C3[C@@H](CCC45CC6(CCC34O5)OCCO6)[C@@H]1CC[C@H]2F. The number of allylic oxidation sites excluding steroid dienone is 1. The van der Waals surface area contributed by atoms with Crippen molar-refractivity contribution in [3.05, 3.63) is 11.6 Å². The van der Waals surface area contributed by atoms with Crippen molar-refractivity contribution in [3.63, 3.8) is 0 Å². The summed E-state index contributed by atoms with van der Waals surface area (Å²) in [5, 5.41) is 0. The maximum absolute atomic E-state index is 14.5. The van der Waals surface area contributed by atoms with Gasteiger partial charge in [-0.3, -0.25) is 0 Å². The zero-order valence-corrected chi connectivity index (χ0v) is 14.5. The maximum atomic E-state index is 14.5. The molecule has 0 bridgehead atoms. The van der Waals surface area contributed by atoms with E-state index in [9.17, 15) is 4.39 Å². The van der Waals surface area contributed by atoms with E-state index in [-0.39, 0.29) is 22.4 Å². The third kappa shape index (κ3) is 1.51. The molecular formula is C20H27FO3. The summed E-state index contributed by atoms with van der Waals surface area (Å²) in [6, 6.07) is 0. The molecule has 0 aromatic rings. The number of hydrogen-bond donors (Lipinski definition) is 0.